The lowest BCUT2D eigenvalue weighted by Gasteiger charge is -2.09. The molecule has 1 amide bonds. The molecule has 7 heteroatoms. The van der Waals surface area contributed by atoms with Crippen molar-refractivity contribution in [2.75, 3.05) is 5.32 Å². The second-order valence-electron chi connectivity index (χ2n) is 5.85. The Hall–Kier alpha value is -3.06. The predicted molar refractivity (Wildman–Crippen MR) is 102 cm³/mol. The number of aryl methyl sites for hydroxylation is 3. The van der Waals surface area contributed by atoms with Gasteiger partial charge >= 0.3 is 0 Å². The number of benzene rings is 1. The molecule has 0 fully saturated rings. The number of para-hydroxylation sites is 2. The summed E-state index contributed by atoms with van der Waals surface area (Å²) in [7, 11) is 0. The van der Waals surface area contributed by atoms with Gasteiger partial charge in [0.2, 0.25) is 5.95 Å². The molecule has 0 radical (unpaired) electrons. The molecule has 0 saturated heterocycles. The highest BCUT2D eigenvalue weighted by Gasteiger charge is 2.16. The van der Waals surface area contributed by atoms with E-state index < -0.39 is 0 Å². The van der Waals surface area contributed by atoms with Gasteiger partial charge in [-0.1, -0.05) is 18.2 Å². The molecule has 26 heavy (non-hydrogen) atoms. The lowest BCUT2D eigenvalue weighted by molar-refractivity contribution is 0.102. The molecule has 1 N–H and O–H groups in total. The molecular weight excluding hydrogens is 346 g/mol. The van der Waals surface area contributed by atoms with Crippen molar-refractivity contribution in [3.8, 4) is 0 Å². The van der Waals surface area contributed by atoms with Gasteiger partial charge in [-0.15, -0.1) is 11.3 Å². The quantitative estimate of drug-likeness (QED) is 0.587. The number of nitrogens with one attached hydrogen (secondary N) is 1. The van der Waals surface area contributed by atoms with E-state index in [1.165, 1.54) is 11.3 Å². The van der Waals surface area contributed by atoms with Crippen LogP contribution in [0.2, 0.25) is 0 Å². The highest BCUT2D eigenvalue weighted by atomic mass is 32.1. The Morgan fingerprint density at radius 3 is 2.77 bits per heavy atom. The molecule has 4 rings (SSSR count). The summed E-state index contributed by atoms with van der Waals surface area (Å²) in [5.74, 6) is 0.279. The van der Waals surface area contributed by atoms with E-state index in [1.54, 1.807) is 11.6 Å². The number of aromatic nitrogens is 4. The lowest BCUT2D eigenvalue weighted by atomic mass is 10.2. The van der Waals surface area contributed by atoms with Crippen molar-refractivity contribution in [2.24, 2.45) is 0 Å². The van der Waals surface area contributed by atoms with Gasteiger partial charge < -0.3 is 4.57 Å². The third-order valence-electron chi connectivity index (χ3n) is 4.05. The van der Waals surface area contributed by atoms with Crippen molar-refractivity contribution >= 4 is 34.2 Å². The minimum absolute atomic E-state index is 0.247. The van der Waals surface area contributed by atoms with E-state index in [0.29, 0.717) is 18.2 Å². The number of rotatable bonds is 5. The minimum Gasteiger partial charge on any atom is -0.310 e. The fraction of sp³-hybridized carbons (Fsp3) is 0.158. The maximum Gasteiger partial charge on any atom is 0.277 e. The molecule has 0 aliphatic rings. The molecule has 4 aromatic rings. The van der Waals surface area contributed by atoms with Crippen LogP contribution in [0.15, 0.2) is 54.0 Å². The van der Waals surface area contributed by atoms with Gasteiger partial charge in [-0.3, -0.25) is 15.1 Å². The number of nitrogens with zero attached hydrogens (tertiary/aromatic N) is 4. The second kappa shape index (κ2) is 7.05. The average molecular weight is 363 g/mol. The van der Waals surface area contributed by atoms with Crippen molar-refractivity contribution < 1.29 is 4.79 Å². The van der Waals surface area contributed by atoms with Crippen LogP contribution in [0.4, 0.5) is 5.95 Å². The average Bonchev–Trinajstić information content (AvgIpc) is 3.24. The standard InChI is InChI=1S/C19H17N5OS/c1-13-21-16(12-26-13)18(25)23-19-22-15-7-2-3-8-17(15)24(19)11-9-14-6-4-5-10-20-14/h2-8,10,12H,9,11H2,1H3,(H,22,23,25). The molecule has 0 unspecified atom stereocenters. The Balaban J connectivity index is 1.64. The minimum atomic E-state index is -0.247. The van der Waals surface area contributed by atoms with Gasteiger partial charge in [0.1, 0.15) is 5.69 Å². The van der Waals surface area contributed by atoms with E-state index in [0.717, 1.165) is 28.2 Å². The SMILES string of the molecule is Cc1nc(C(=O)Nc2nc3ccccc3n2CCc2ccccn2)cs1. The third kappa shape index (κ3) is 3.34. The summed E-state index contributed by atoms with van der Waals surface area (Å²) in [6, 6.07) is 13.7. The molecule has 6 nitrogen and oxygen atoms in total. The van der Waals surface area contributed by atoms with Crippen LogP contribution in [0.1, 0.15) is 21.2 Å². The van der Waals surface area contributed by atoms with E-state index in [2.05, 4.69) is 20.3 Å². The number of anilines is 1. The summed E-state index contributed by atoms with van der Waals surface area (Å²) in [5.41, 5.74) is 3.24. The number of hydrogen-bond acceptors (Lipinski definition) is 5. The van der Waals surface area contributed by atoms with E-state index in [4.69, 9.17) is 0 Å². The van der Waals surface area contributed by atoms with Crippen LogP contribution in [0, 0.1) is 6.92 Å². The molecular formula is C19H17N5OS. The largest absolute Gasteiger partial charge is 0.310 e. The van der Waals surface area contributed by atoms with Gasteiger partial charge in [-0.05, 0) is 31.2 Å². The molecule has 0 aliphatic carbocycles. The number of hydrogen-bond donors (Lipinski definition) is 1. The van der Waals surface area contributed by atoms with Crippen LogP contribution >= 0.6 is 11.3 Å². The normalized spacial score (nSPS) is 11.0. The van der Waals surface area contributed by atoms with Gasteiger partial charge in [0, 0.05) is 30.2 Å². The summed E-state index contributed by atoms with van der Waals surface area (Å²) in [6.07, 6.45) is 2.54. The third-order valence-corrected chi connectivity index (χ3v) is 4.82. The van der Waals surface area contributed by atoms with Crippen molar-refractivity contribution in [1.82, 2.24) is 19.5 Å². The predicted octanol–water partition coefficient (Wildman–Crippen LogP) is 3.69. The van der Waals surface area contributed by atoms with Crippen molar-refractivity contribution in [2.45, 2.75) is 19.9 Å². The first-order valence-electron chi connectivity index (χ1n) is 8.29. The zero-order valence-corrected chi connectivity index (χ0v) is 15.0. The smallest absolute Gasteiger partial charge is 0.277 e. The molecule has 3 aromatic heterocycles. The first kappa shape index (κ1) is 16.4. The summed E-state index contributed by atoms with van der Waals surface area (Å²) in [4.78, 5) is 25.7. The summed E-state index contributed by atoms with van der Waals surface area (Å²) in [6.45, 7) is 2.55. The summed E-state index contributed by atoms with van der Waals surface area (Å²) < 4.78 is 2.02. The molecule has 1 aromatic carbocycles. The van der Waals surface area contributed by atoms with Crippen LogP contribution in [-0.4, -0.2) is 25.4 Å². The highest BCUT2D eigenvalue weighted by Crippen LogP contribution is 2.21. The zero-order chi connectivity index (χ0) is 17.9. The molecule has 0 aliphatic heterocycles. The van der Waals surface area contributed by atoms with Crippen LogP contribution in [-0.2, 0) is 13.0 Å². The first-order chi connectivity index (χ1) is 12.7. The highest BCUT2D eigenvalue weighted by molar-refractivity contribution is 7.09. The molecule has 130 valence electrons. The van der Waals surface area contributed by atoms with Crippen LogP contribution < -0.4 is 5.32 Å². The Morgan fingerprint density at radius 1 is 1.15 bits per heavy atom. The lowest BCUT2D eigenvalue weighted by Crippen LogP contribution is -2.17. The van der Waals surface area contributed by atoms with E-state index >= 15 is 0 Å². The molecule has 0 atom stereocenters. The van der Waals surface area contributed by atoms with Crippen LogP contribution in [0.5, 0.6) is 0 Å². The second-order valence-corrected chi connectivity index (χ2v) is 6.91. The fourth-order valence-electron chi connectivity index (χ4n) is 2.80. The van der Waals surface area contributed by atoms with Crippen molar-refractivity contribution in [1.29, 1.82) is 0 Å². The number of fused-ring (bicyclic) bond motifs is 1. The Labute approximate surface area is 154 Å². The van der Waals surface area contributed by atoms with Gasteiger partial charge in [0.25, 0.3) is 5.91 Å². The van der Waals surface area contributed by atoms with E-state index in [-0.39, 0.29) is 5.91 Å². The topological polar surface area (TPSA) is 72.7 Å². The number of amides is 1. The molecule has 0 saturated carbocycles. The van der Waals surface area contributed by atoms with Gasteiger partial charge in [0.05, 0.1) is 16.0 Å². The van der Waals surface area contributed by atoms with Crippen LogP contribution in [0.3, 0.4) is 0 Å². The Bertz CT molecular complexity index is 1050. The first-order valence-corrected chi connectivity index (χ1v) is 9.17. The van der Waals surface area contributed by atoms with Gasteiger partial charge in [-0.2, -0.15) is 0 Å². The van der Waals surface area contributed by atoms with E-state index in [9.17, 15) is 4.79 Å². The summed E-state index contributed by atoms with van der Waals surface area (Å²) >= 11 is 1.45. The molecule has 3 heterocycles. The number of carbonyl (C=O) groups excluding carboxylic acids is 1. The Kier molecular flexibility index (Phi) is 4.45. The maximum atomic E-state index is 12.5. The van der Waals surface area contributed by atoms with Crippen LogP contribution in [0.25, 0.3) is 11.0 Å². The maximum absolute atomic E-state index is 12.5. The van der Waals surface area contributed by atoms with Crippen molar-refractivity contribution in [3.05, 3.63) is 70.4 Å². The monoisotopic (exact) mass is 363 g/mol. The van der Waals surface area contributed by atoms with Gasteiger partial charge in [-0.25, -0.2) is 9.97 Å². The number of thiazole rings is 1. The fourth-order valence-corrected chi connectivity index (χ4v) is 3.40. The number of imidazole rings is 1. The number of pyridine rings is 1. The van der Waals surface area contributed by atoms with Gasteiger partial charge in [0.15, 0.2) is 0 Å². The van der Waals surface area contributed by atoms with E-state index in [1.807, 2.05) is 54.0 Å². The zero-order valence-electron chi connectivity index (χ0n) is 14.2. The summed E-state index contributed by atoms with van der Waals surface area (Å²) in [5, 5.41) is 5.52. The molecule has 0 spiro atoms. The number of carbonyl (C=O) groups is 1. The Morgan fingerprint density at radius 2 is 2.00 bits per heavy atom. The van der Waals surface area contributed by atoms with Crippen molar-refractivity contribution in [3.63, 3.8) is 0 Å². The molecule has 0 bridgehead atoms.